The van der Waals surface area contributed by atoms with Crippen molar-refractivity contribution in [3.63, 3.8) is 0 Å². The minimum absolute atomic E-state index is 0.175. The molecule has 0 aliphatic carbocycles. The van der Waals surface area contributed by atoms with Crippen molar-refractivity contribution in [1.82, 2.24) is 10.5 Å². The van der Waals surface area contributed by atoms with Crippen molar-refractivity contribution in [2.24, 2.45) is 0 Å². The largest absolute Gasteiger partial charge is 0.480 e. The van der Waals surface area contributed by atoms with Crippen LogP contribution in [0.5, 0.6) is 0 Å². The average Bonchev–Trinajstić information content (AvgIpc) is 2.76. The second kappa shape index (κ2) is 9.08. The van der Waals surface area contributed by atoms with Crippen molar-refractivity contribution < 1.29 is 24.0 Å². The molecule has 1 atom stereocenters. The molecular weight excluding hydrogens is 332 g/mol. The molecule has 1 aromatic heterocycles. The predicted octanol–water partition coefficient (Wildman–Crippen LogP) is 2.30. The van der Waals surface area contributed by atoms with Gasteiger partial charge in [-0.3, -0.25) is 4.79 Å². The summed E-state index contributed by atoms with van der Waals surface area (Å²) >= 11 is 1.39. The predicted molar refractivity (Wildman–Crippen MR) is 92.0 cm³/mol. The molecule has 1 heterocycles. The Morgan fingerprint density at radius 3 is 2.54 bits per heavy atom. The van der Waals surface area contributed by atoms with Gasteiger partial charge < -0.3 is 19.7 Å². The van der Waals surface area contributed by atoms with Gasteiger partial charge in [0.15, 0.2) is 0 Å². The third-order valence-corrected chi connectivity index (χ3v) is 4.19. The molecule has 0 aromatic carbocycles. The van der Waals surface area contributed by atoms with E-state index in [2.05, 4.69) is 10.5 Å². The third kappa shape index (κ3) is 7.35. The molecule has 136 valence electrons. The molecule has 7 nitrogen and oxygen atoms in total. The van der Waals surface area contributed by atoms with E-state index >= 15 is 0 Å². The standard InChI is InChI=1S/C16H26N2O5S/c1-10-12(11(2)23-18-10)8-24-9-14(19)17-13(15(20)21)6-7-22-16(3,4)5/h13H,6-9H2,1-5H3,(H,17,19)(H,20,21). The molecule has 1 amide bonds. The summed E-state index contributed by atoms with van der Waals surface area (Å²) in [6, 6.07) is -0.945. The van der Waals surface area contributed by atoms with Crippen LogP contribution in [0.1, 0.15) is 44.2 Å². The lowest BCUT2D eigenvalue weighted by atomic mass is 10.2. The van der Waals surface area contributed by atoms with Gasteiger partial charge in [-0.15, -0.1) is 11.8 Å². The topological polar surface area (TPSA) is 102 Å². The molecule has 8 heteroatoms. The van der Waals surface area contributed by atoms with Gasteiger partial charge in [-0.1, -0.05) is 5.16 Å². The minimum atomic E-state index is -1.06. The van der Waals surface area contributed by atoms with Crippen LogP contribution in [0.15, 0.2) is 4.52 Å². The number of carbonyl (C=O) groups is 2. The van der Waals surface area contributed by atoms with E-state index in [1.807, 2.05) is 34.6 Å². The number of aryl methyl sites for hydroxylation is 2. The molecule has 0 saturated carbocycles. The molecule has 0 spiro atoms. The van der Waals surface area contributed by atoms with Crippen molar-refractivity contribution in [2.45, 2.75) is 58.4 Å². The number of carbonyl (C=O) groups excluding carboxylic acids is 1. The second-order valence-corrected chi connectivity index (χ2v) is 7.49. The summed E-state index contributed by atoms with van der Waals surface area (Å²) in [5.41, 5.74) is 1.45. The fraction of sp³-hybridized carbons (Fsp3) is 0.688. The lowest BCUT2D eigenvalue weighted by Crippen LogP contribution is -2.42. The van der Waals surface area contributed by atoms with Crippen molar-refractivity contribution in [2.75, 3.05) is 12.4 Å². The van der Waals surface area contributed by atoms with Gasteiger partial charge in [0, 0.05) is 24.3 Å². The Kier molecular flexibility index (Phi) is 7.75. The Morgan fingerprint density at radius 1 is 1.38 bits per heavy atom. The van der Waals surface area contributed by atoms with E-state index in [4.69, 9.17) is 9.26 Å². The SMILES string of the molecule is Cc1noc(C)c1CSCC(=O)NC(CCOC(C)(C)C)C(=O)O. The first-order valence-electron chi connectivity index (χ1n) is 7.76. The average molecular weight is 358 g/mol. The first kappa shape index (κ1) is 20.5. The molecule has 1 aromatic rings. The maximum Gasteiger partial charge on any atom is 0.326 e. The van der Waals surface area contributed by atoms with Gasteiger partial charge >= 0.3 is 5.97 Å². The maximum absolute atomic E-state index is 11.9. The van der Waals surface area contributed by atoms with E-state index < -0.39 is 12.0 Å². The Labute approximate surface area is 146 Å². The van der Waals surface area contributed by atoms with Gasteiger partial charge in [-0.25, -0.2) is 4.79 Å². The number of aromatic nitrogens is 1. The zero-order chi connectivity index (χ0) is 18.3. The number of nitrogens with one attached hydrogen (secondary N) is 1. The van der Waals surface area contributed by atoms with Crippen LogP contribution in [-0.4, -0.2) is 46.1 Å². The molecule has 0 bridgehead atoms. The van der Waals surface area contributed by atoms with Crippen LogP contribution in [0.25, 0.3) is 0 Å². The van der Waals surface area contributed by atoms with Gasteiger partial charge in [-0.2, -0.15) is 0 Å². The van der Waals surface area contributed by atoms with Crippen molar-refractivity contribution in [1.29, 1.82) is 0 Å². The van der Waals surface area contributed by atoms with Crippen LogP contribution in [0, 0.1) is 13.8 Å². The molecule has 0 saturated heterocycles. The van der Waals surface area contributed by atoms with E-state index in [0.29, 0.717) is 5.75 Å². The van der Waals surface area contributed by atoms with Crippen molar-refractivity contribution in [3.05, 3.63) is 17.0 Å². The van der Waals surface area contributed by atoms with E-state index in [-0.39, 0.29) is 30.3 Å². The molecule has 0 fully saturated rings. The van der Waals surface area contributed by atoms with Gasteiger partial charge in [0.2, 0.25) is 5.91 Å². The van der Waals surface area contributed by atoms with Crippen LogP contribution < -0.4 is 5.32 Å². The number of nitrogens with zero attached hydrogens (tertiary/aromatic N) is 1. The van der Waals surface area contributed by atoms with E-state index in [9.17, 15) is 14.7 Å². The van der Waals surface area contributed by atoms with Gasteiger partial charge in [0.1, 0.15) is 11.8 Å². The molecule has 0 aliphatic heterocycles. The smallest absolute Gasteiger partial charge is 0.326 e. The van der Waals surface area contributed by atoms with Crippen LogP contribution in [0.3, 0.4) is 0 Å². The van der Waals surface area contributed by atoms with Crippen LogP contribution in [0.2, 0.25) is 0 Å². The number of ether oxygens (including phenoxy) is 1. The summed E-state index contributed by atoms with van der Waals surface area (Å²) in [7, 11) is 0. The Hall–Kier alpha value is -1.54. The maximum atomic E-state index is 11.9. The lowest BCUT2D eigenvalue weighted by Gasteiger charge is -2.21. The summed E-state index contributed by atoms with van der Waals surface area (Å²) in [5.74, 6) is 0.141. The number of hydrogen-bond acceptors (Lipinski definition) is 6. The highest BCUT2D eigenvalue weighted by molar-refractivity contribution is 7.99. The van der Waals surface area contributed by atoms with Crippen LogP contribution >= 0.6 is 11.8 Å². The first-order chi connectivity index (χ1) is 11.1. The van der Waals surface area contributed by atoms with Crippen molar-refractivity contribution >= 4 is 23.6 Å². The van der Waals surface area contributed by atoms with Gasteiger partial charge in [0.25, 0.3) is 0 Å². The molecule has 2 N–H and O–H groups in total. The zero-order valence-electron chi connectivity index (χ0n) is 14.8. The quantitative estimate of drug-likeness (QED) is 0.698. The highest BCUT2D eigenvalue weighted by atomic mass is 32.2. The van der Waals surface area contributed by atoms with Crippen molar-refractivity contribution in [3.8, 4) is 0 Å². The summed E-state index contributed by atoms with van der Waals surface area (Å²) in [5, 5.41) is 15.6. The molecular formula is C16H26N2O5S. The number of rotatable bonds is 9. The molecule has 0 aliphatic rings. The van der Waals surface area contributed by atoms with Gasteiger partial charge in [-0.05, 0) is 34.6 Å². The highest BCUT2D eigenvalue weighted by Crippen LogP contribution is 2.19. The lowest BCUT2D eigenvalue weighted by molar-refractivity contribution is -0.142. The summed E-state index contributed by atoms with van der Waals surface area (Å²) < 4.78 is 10.6. The number of thioether (sulfide) groups is 1. The Bertz CT molecular complexity index is 546. The number of carboxylic acids is 1. The second-order valence-electron chi connectivity index (χ2n) is 6.50. The molecule has 1 unspecified atom stereocenters. The first-order valence-corrected chi connectivity index (χ1v) is 8.91. The van der Waals surface area contributed by atoms with E-state index in [1.54, 1.807) is 0 Å². The molecule has 1 rings (SSSR count). The minimum Gasteiger partial charge on any atom is -0.480 e. The van der Waals surface area contributed by atoms with Crippen LogP contribution in [-0.2, 0) is 20.1 Å². The van der Waals surface area contributed by atoms with Gasteiger partial charge in [0.05, 0.1) is 17.0 Å². The summed E-state index contributed by atoms with van der Waals surface area (Å²) in [4.78, 5) is 23.2. The number of amides is 1. The fourth-order valence-corrected chi connectivity index (χ4v) is 2.92. The Balaban J connectivity index is 2.38. The molecule has 24 heavy (non-hydrogen) atoms. The number of hydrogen-bond donors (Lipinski definition) is 2. The normalized spacial score (nSPS) is 12.9. The summed E-state index contributed by atoms with van der Waals surface area (Å²) in [6.45, 7) is 9.63. The fourth-order valence-electron chi connectivity index (χ4n) is 1.93. The monoisotopic (exact) mass is 358 g/mol. The van der Waals surface area contributed by atoms with E-state index in [0.717, 1.165) is 17.0 Å². The molecule has 0 radical (unpaired) electrons. The number of aliphatic carboxylic acids is 1. The summed E-state index contributed by atoms with van der Waals surface area (Å²) in [6.07, 6.45) is 0.229. The van der Waals surface area contributed by atoms with E-state index in [1.165, 1.54) is 11.8 Å². The Morgan fingerprint density at radius 2 is 2.04 bits per heavy atom. The third-order valence-electron chi connectivity index (χ3n) is 3.24. The number of carboxylic acid groups (broad SMARTS) is 1. The van der Waals surface area contributed by atoms with Crippen LogP contribution in [0.4, 0.5) is 0 Å². The highest BCUT2D eigenvalue weighted by Gasteiger charge is 2.21. The zero-order valence-corrected chi connectivity index (χ0v) is 15.7.